The van der Waals surface area contributed by atoms with Crippen LogP contribution in [0.15, 0.2) is 18.2 Å². The molecule has 0 N–H and O–H groups in total. The smallest absolute Gasteiger partial charge is 0.167 e. The molecule has 2 atom stereocenters. The molecular formula is C17H19NOS. The number of carbonyl (C=O) groups excluding carboxylic acids is 1. The van der Waals surface area contributed by atoms with Gasteiger partial charge in [-0.2, -0.15) is 17.0 Å². The predicted octanol–water partition coefficient (Wildman–Crippen LogP) is 4.11. The Kier molecular flexibility index (Phi) is 3.85. The minimum Gasteiger partial charge on any atom is -0.294 e. The molecule has 0 spiro atoms. The summed E-state index contributed by atoms with van der Waals surface area (Å²) >= 11 is 2.09. The fraction of sp³-hybridized carbons (Fsp3) is 0.529. The van der Waals surface area contributed by atoms with Gasteiger partial charge in [0.05, 0.1) is 11.6 Å². The standard InChI is InChI=1S/C17H19NOS/c1-11-4-2-5-12(10-18)16(11)17(19)13-8-14-6-3-7-15(9-13)20-14/h2,4-5,13-15H,3,6-9H2,1H3. The lowest BCUT2D eigenvalue weighted by Crippen LogP contribution is -2.33. The summed E-state index contributed by atoms with van der Waals surface area (Å²) in [6.07, 6.45) is 5.82. The van der Waals surface area contributed by atoms with Gasteiger partial charge in [0.1, 0.15) is 0 Å². The highest BCUT2D eigenvalue weighted by Gasteiger charge is 2.36. The van der Waals surface area contributed by atoms with Crippen LogP contribution in [0.25, 0.3) is 0 Å². The molecule has 3 rings (SSSR count). The number of rotatable bonds is 2. The minimum atomic E-state index is 0.125. The van der Waals surface area contributed by atoms with Crippen molar-refractivity contribution in [1.29, 1.82) is 5.26 Å². The first-order chi connectivity index (χ1) is 9.69. The highest BCUT2D eigenvalue weighted by atomic mass is 32.2. The second-order valence-corrected chi connectivity index (χ2v) is 7.56. The molecule has 104 valence electrons. The van der Waals surface area contributed by atoms with E-state index in [-0.39, 0.29) is 11.7 Å². The second-order valence-electron chi connectivity index (χ2n) is 5.95. The number of hydrogen-bond acceptors (Lipinski definition) is 3. The SMILES string of the molecule is Cc1cccc(C#N)c1C(=O)C1CC2CCCC(C1)S2. The van der Waals surface area contributed by atoms with Gasteiger partial charge in [-0.25, -0.2) is 0 Å². The van der Waals surface area contributed by atoms with E-state index in [4.69, 9.17) is 0 Å². The molecule has 2 aliphatic heterocycles. The summed E-state index contributed by atoms with van der Waals surface area (Å²) in [5.74, 6) is 0.330. The third kappa shape index (κ3) is 2.50. The van der Waals surface area contributed by atoms with Crippen molar-refractivity contribution >= 4 is 17.5 Å². The Morgan fingerprint density at radius 3 is 2.65 bits per heavy atom. The molecule has 2 nitrogen and oxygen atoms in total. The normalized spacial score (nSPS) is 28.7. The topological polar surface area (TPSA) is 40.9 Å². The molecule has 1 aromatic rings. The molecule has 0 aromatic heterocycles. The van der Waals surface area contributed by atoms with E-state index in [0.29, 0.717) is 21.6 Å². The maximum atomic E-state index is 12.9. The summed E-state index contributed by atoms with van der Waals surface area (Å²) in [6.45, 7) is 1.94. The van der Waals surface area contributed by atoms with Crippen molar-refractivity contribution in [3.63, 3.8) is 0 Å². The fourth-order valence-electron chi connectivity index (χ4n) is 3.57. The summed E-state index contributed by atoms with van der Waals surface area (Å²) in [7, 11) is 0. The van der Waals surface area contributed by atoms with E-state index in [1.54, 1.807) is 6.07 Å². The molecule has 3 heteroatoms. The van der Waals surface area contributed by atoms with Crippen LogP contribution in [0.3, 0.4) is 0 Å². The first-order valence-electron chi connectivity index (χ1n) is 7.38. The summed E-state index contributed by atoms with van der Waals surface area (Å²) in [6, 6.07) is 7.74. The number of Topliss-reactive ketones (excluding diaryl/α,β-unsaturated/α-hetero) is 1. The lowest BCUT2D eigenvalue weighted by Gasteiger charge is -2.38. The predicted molar refractivity (Wildman–Crippen MR) is 82.0 cm³/mol. The largest absolute Gasteiger partial charge is 0.294 e. The average molecular weight is 285 g/mol. The Hall–Kier alpha value is -1.27. The number of nitriles is 1. The third-order valence-electron chi connectivity index (χ3n) is 4.54. The molecule has 2 unspecified atom stereocenters. The van der Waals surface area contributed by atoms with E-state index in [2.05, 4.69) is 17.8 Å². The zero-order valence-electron chi connectivity index (χ0n) is 11.8. The number of aryl methyl sites for hydroxylation is 1. The van der Waals surface area contributed by atoms with E-state index < -0.39 is 0 Å². The van der Waals surface area contributed by atoms with Gasteiger partial charge in [0, 0.05) is 22.0 Å². The number of thioether (sulfide) groups is 1. The first-order valence-corrected chi connectivity index (χ1v) is 8.32. The number of hydrogen-bond donors (Lipinski definition) is 0. The maximum absolute atomic E-state index is 12.9. The summed E-state index contributed by atoms with van der Waals surface area (Å²) in [4.78, 5) is 12.9. The number of ketones is 1. The van der Waals surface area contributed by atoms with Crippen LogP contribution in [0.4, 0.5) is 0 Å². The van der Waals surface area contributed by atoms with Crippen LogP contribution in [0, 0.1) is 24.2 Å². The van der Waals surface area contributed by atoms with Crippen molar-refractivity contribution in [3.8, 4) is 6.07 Å². The number of benzene rings is 1. The number of fused-ring (bicyclic) bond motifs is 2. The molecule has 1 aromatic carbocycles. The van der Waals surface area contributed by atoms with Crippen LogP contribution in [-0.4, -0.2) is 16.3 Å². The van der Waals surface area contributed by atoms with E-state index >= 15 is 0 Å². The van der Waals surface area contributed by atoms with Gasteiger partial charge in [-0.1, -0.05) is 18.6 Å². The van der Waals surface area contributed by atoms with Gasteiger partial charge in [-0.05, 0) is 44.2 Å². The van der Waals surface area contributed by atoms with Crippen LogP contribution < -0.4 is 0 Å². The van der Waals surface area contributed by atoms with Gasteiger partial charge < -0.3 is 0 Å². The van der Waals surface area contributed by atoms with Gasteiger partial charge in [0.25, 0.3) is 0 Å². The van der Waals surface area contributed by atoms with Crippen molar-refractivity contribution in [1.82, 2.24) is 0 Å². The van der Waals surface area contributed by atoms with Crippen molar-refractivity contribution in [2.75, 3.05) is 0 Å². The zero-order chi connectivity index (χ0) is 14.1. The molecular weight excluding hydrogens is 266 g/mol. The van der Waals surface area contributed by atoms with Crippen molar-refractivity contribution in [2.24, 2.45) is 5.92 Å². The highest BCUT2D eigenvalue weighted by Crippen LogP contribution is 2.44. The Bertz CT molecular complexity index is 563. The van der Waals surface area contributed by atoms with Crippen LogP contribution in [-0.2, 0) is 0 Å². The molecule has 0 aliphatic carbocycles. The average Bonchev–Trinajstić information content (AvgIpc) is 2.45. The number of nitrogens with zero attached hydrogens (tertiary/aromatic N) is 1. The van der Waals surface area contributed by atoms with E-state index in [0.717, 1.165) is 18.4 Å². The molecule has 0 amide bonds. The third-order valence-corrected chi connectivity index (χ3v) is 6.17. The highest BCUT2D eigenvalue weighted by molar-refractivity contribution is 8.00. The number of carbonyl (C=O) groups is 1. The Labute approximate surface area is 124 Å². The van der Waals surface area contributed by atoms with Crippen LogP contribution in [0.1, 0.15) is 53.6 Å². The monoisotopic (exact) mass is 285 g/mol. The van der Waals surface area contributed by atoms with E-state index in [9.17, 15) is 10.1 Å². The van der Waals surface area contributed by atoms with Crippen molar-refractivity contribution < 1.29 is 4.79 Å². The quantitative estimate of drug-likeness (QED) is 0.768. The Morgan fingerprint density at radius 2 is 2.00 bits per heavy atom. The fourth-order valence-corrected chi connectivity index (χ4v) is 5.40. The summed E-state index contributed by atoms with van der Waals surface area (Å²) in [5, 5.41) is 10.6. The first kappa shape index (κ1) is 13.7. The van der Waals surface area contributed by atoms with E-state index in [1.807, 2.05) is 19.1 Å². The van der Waals surface area contributed by atoms with Gasteiger partial charge in [-0.15, -0.1) is 0 Å². The van der Waals surface area contributed by atoms with Gasteiger partial charge in [-0.3, -0.25) is 4.79 Å². The molecule has 2 fully saturated rings. The lowest BCUT2D eigenvalue weighted by molar-refractivity contribution is 0.0896. The zero-order valence-corrected chi connectivity index (χ0v) is 12.6. The van der Waals surface area contributed by atoms with Gasteiger partial charge in [0.15, 0.2) is 5.78 Å². The molecule has 0 radical (unpaired) electrons. The maximum Gasteiger partial charge on any atom is 0.167 e. The molecule has 2 heterocycles. The van der Waals surface area contributed by atoms with Crippen molar-refractivity contribution in [3.05, 3.63) is 34.9 Å². The molecule has 0 saturated carbocycles. The molecule has 20 heavy (non-hydrogen) atoms. The summed E-state index contributed by atoms with van der Waals surface area (Å²) < 4.78 is 0. The van der Waals surface area contributed by atoms with Crippen LogP contribution >= 0.6 is 11.8 Å². The second kappa shape index (κ2) is 5.61. The Morgan fingerprint density at radius 1 is 1.30 bits per heavy atom. The van der Waals surface area contributed by atoms with Crippen LogP contribution in [0.5, 0.6) is 0 Å². The van der Waals surface area contributed by atoms with Gasteiger partial charge >= 0.3 is 0 Å². The minimum absolute atomic E-state index is 0.125. The van der Waals surface area contributed by atoms with E-state index in [1.165, 1.54) is 19.3 Å². The molecule has 2 bridgehead atoms. The lowest BCUT2D eigenvalue weighted by atomic mass is 9.82. The summed E-state index contributed by atoms with van der Waals surface area (Å²) in [5.41, 5.74) is 2.15. The Balaban J connectivity index is 1.88. The van der Waals surface area contributed by atoms with Crippen molar-refractivity contribution in [2.45, 2.75) is 49.5 Å². The molecule has 2 saturated heterocycles. The molecule has 2 aliphatic rings. The van der Waals surface area contributed by atoms with Crippen LogP contribution in [0.2, 0.25) is 0 Å². The van der Waals surface area contributed by atoms with Gasteiger partial charge in [0.2, 0.25) is 0 Å².